The van der Waals surface area contributed by atoms with Crippen LogP contribution < -0.4 is 5.73 Å². The molecule has 2 aromatic rings. The number of fused-ring (bicyclic) bond motifs is 1. The summed E-state index contributed by atoms with van der Waals surface area (Å²) in [5.74, 6) is 1.16. The van der Waals surface area contributed by atoms with Gasteiger partial charge < -0.3 is 15.2 Å². The van der Waals surface area contributed by atoms with Crippen LogP contribution in [0.25, 0.3) is 0 Å². The number of nitrogens with two attached hydrogens (primary N) is 1. The molecular weight excluding hydrogens is 321 g/mol. The van der Waals surface area contributed by atoms with Crippen LogP contribution in [0.5, 0.6) is 0 Å². The fraction of sp³-hybridized carbons (Fsp3) is 0.400. The average molecular weight is 340 g/mol. The first kappa shape index (κ1) is 17.4. The highest BCUT2D eigenvalue weighted by Gasteiger charge is 2.32. The number of carbonyl (C=O) groups excluding carboxylic acids is 1. The molecule has 3 rings (SSSR count). The van der Waals surface area contributed by atoms with Crippen LogP contribution in [-0.2, 0) is 24.3 Å². The zero-order valence-corrected chi connectivity index (χ0v) is 13.6. The third-order valence-electron chi connectivity index (χ3n) is 3.86. The van der Waals surface area contributed by atoms with E-state index in [1.807, 2.05) is 11.5 Å². The Morgan fingerprint density at radius 3 is 2.87 bits per heavy atom. The summed E-state index contributed by atoms with van der Waals surface area (Å²) in [6.45, 7) is 3.02. The van der Waals surface area contributed by atoms with E-state index in [1.54, 1.807) is 17.0 Å². The van der Waals surface area contributed by atoms with Crippen molar-refractivity contribution in [2.24, 2.45) is 5.73 Å². The smallest absolute Gasteiger partial charge is 0.246 e. The fourth-order valence-corrected chi connectivity index (χ4v) is 2.83. The van der Waals surface area contributed by atoms with Gasteiger partial charge >= 0.3 is 0 Å². The van der Waals surface area contributed by atoms with E-state index in [1.165, 1.54) is 12.1 Å². The third kappa shape index (κ3) is 3.35. The predicted octanol–water partition coefficient (Wildman–Crippen LogP) is 1.44. The number of carbonyl (C=O) groups is 1. The molecular formula is C15H19ClFN5O. The molecule has 0 radical (unpaired) electrons. The first-order valence-corrected chi connectivity index (χ1v) is 7.26. The molecule has 124 valence electrons. The second-order valence-corrected chi connectivity index (χ2v) is 5.44. The molecule has 0 aliphatic carbocycles. The first-order valence-electron chi connectivity index (χ1n) is 7.26. The highest BCUT2D eigenvalue weighted by atomic mass is 35.5. The maximum absolute atomic E-state index is 13.3. The van der Waals surface area contributed by atoms with Crippen molar-refractivity contribution in [3.8, 4) is 0 Å². The SMILES string of the molecule is C[C@H]1C(=O)N(Cc2cccc(F)c2)Cc2nnc(CCN)n21.Cl. The van der Waals surface area contributed by atoms with Crippen LogP contribution in [0.3, 0.4) is 0 Å². The maximum atomic E-state index is 13.3. The van der Waals surface area contributed by atoms with E-state index in [-0.39, 0.29) is 30.2 Å². The lowest BCUT2D eigenvalue weighted by atomic mass is 10.1. The molecule has 6 nitrogen and oxygen atoms in total. The molecule has 1 atom stereocenters. The Balaban J connectivity index is 0.00000192. The quantitative estimate of drug-likeness (QED) is 0.914. The standard InChI is InChI=1S/C15H18FN5O.ClH/c1-10-15(22)20(8-11-3-2-4-12(16)7-11)9-14-19-18-13(5-6-17)21(10)14;/h2-4,7,10H,5-6,8-9,17H2,1H3;1H/t10-;/m0./s1. The monoisotopic (exact) mass is 339 g/mol. The van der Waals surface area contributed by atoms with Crippen LogP contribution in [0.4, 0.5) is 4.39 Å². The molecule has 0 bridgehead atoms. The topological polar surface area (TPSA) is 77.0 Å². The number of nitrogens with zero attached hydrogens (tertiary/aromatic N) is 4. The Bertz CT molecular complexity index is 705. The molecule has 1 aromatic heterocycles. The van der Waals surface area contributed by atoms with E-state index >= 15 is 0 Å². The van der Waals surface area contributed by atoms with Gasteiger partial charge in [0.05, 0.1) is 6.54 Å². The lowest BCUT2D eigenvalue weighted by molar-refractivity contribution is -0.137. The zero-order chi connectivity index (χ0) is 15.7. The molecule has 0 unspecified atom stereocenters. The minimum Gasteiger partial charge on any atom is -0.330 e. The number of hydrogen-bond donors (Lipinski definition) is 1. The number of aromatic nitrogens is 3. The van der Waals surface area contributed by atoms with Gasteiger partial charge in [0.25, 0.3) is 0 Å². The van der Waals surface area contributed by atoms with Gasteiger partial charge in [0.15, 0.2) is 5.82 Å². The Morgan fingerprint density at radius 1 is 1.39 bits per heavy atom. The first-order chi connectivity index (χ1) is 10.6. The Labute approximate surface area is 139 Å². The summed E-state index contributed by atoms with van der Waals surface area (Å²) in [6.07, 6.45) is 0.592. The molecule has 1 aromatic carbocycles. The van der Waals surface area contributed by atoms with Crippen LogP contribution >= 0.6 is 12.4 Å². The van der Waals surface area contributed by atoms with Crippen LogP contribution in [0, 0.1) is 5.82 Å². The van der Waals surface area contributed by atoms with Gasteiger partial charge in [0.1, 0.15) is 17.7 Å². The van der Waals surface area contributed by atoms with E-state index in [9.17, 15) is 9.18 Å². The molecule has 8 heteroatoms. The van der Waals surface area contributed by atoms with Crippen molar-refractivity contribution in [1.82, 2.24) is 19.7 Å². The minimum atomic E-state index is -0.367. The van der Waals surface area contributed by atoms with E-state index in [0.717, 1.165) is 17.2 Å². The van der Waals surface area contributed by atoms with Gasteiger partial charge in [-0.3, -0.25) is 4.79 Å². The van der Waals surface area contributed by atoms with Crippen molar-refractivity contribution < 1.29 is 9.18 Å². The van der Waals surface area contributed by atoms with E-state index in [0.29, 0.717) is 26.1 Å². The molecule has 0 fully saturated rings. The number of benzene rings is 1. The summed E-state index contributed by atoms with van der Waals surface area (Å²) in [5, 5.41) is 8.28. The van der Waals surface area contributed by atoms with Gasteiger partial charge in [0, 0.05) is 13.0 Å². The lowest BCUT2D eigenvalue weighted by Crippen LogP contribution is -2.41. The normalized spacial score (nSPS) is 16.9. The molecule has 2 N–H and O–H groups in total. The Morgan fingerprint density at radius 2 is 2.17 bits per heavy atom. The largest absolute Gasteiger partial charge is 0.330 e. The summed E-state index contributed by atoms with van der Waals surface area (Å²) in [6, 6.07) is 5.91. The highest BCUT2D eigenvalue weighted by molar-refractivity contribution is 5.85. The number of rotatable bonds is 4. The molecule has 0 saturated carbocycles. The van der Waals surface area contributed by atoms with Crippen molar-refractivity contribution in [3.63, 3.8) is 0 Å². The van der Waals surface area contributed by atoms with Gasteiger partial charge in [-0.05, 0) is 31.2 Å². The van der Waals surface area contributed by atoms with E-state index in [2.05, 4.69) is 10.2 Å². The summed E-state index contributed by atoms with van der Waals surface area (Å²) in [5.41, 5.74) is 6.32. The number of hydrogen-bond acceptors (Lipinski definition) is 4. The van der Waals surface area contributed by atoms with Crippen molar-refractivity contribution in [3.05, 3.63) is 47.3 Å². The van der Waals surface area contributed by atoms with Crippen molar-refractivity contribution in [2.75, 3.05) is 6.54 Å². The van der Waals surface area contributed by atoms with Crippen molar-refractivity contribution in [2.45, 2.75) is 32.5 Å². The molecule has 1 amide bonds. The van der Waals surface area contributed by atoms with Crippen LogP contribution in [-0.4, -0.2) is 32.1 Å². The van der Waals surface area contributed by atoms with Crippen molar-refractivity contribution >= 4 is 18.3 Å². The van der Waals surface area contributed by atoms with Gasteiger partial charge in [-0.2, -0.15) is 0 Å². The van der Waals surface area contributed by atoms with Gasteiger partial charge in [0.2, 0.25) is 5.91 Å². The fourth-order valence-electron chi connectivity index (χ4n) is 2.83. The lowest BCUT2D eigenvalue weighted by Gasteiger charge is -2.32. The molecule has 23 heavy (non-hydrogen) atoms. The second-order valence-electron chi connectivity index (χ2n) is 5.44. The van der Waals surface area contributed by atoms with Gasteiger partial charge in [-0.1, -0.05) is 12.1 Å². The average Bonchev–Trinajstić information content (AvgIpc) is 2.88. The molecule has 0 spiro atoms. The summed E-state index contributed by atoms with van der Waals surface area (Å²) in [7, 11) is 0. The number of amides is 1. The maximum Gasteiger partial charge on any atom is 0.246 e. The second kappa shape index (κ2) is 7.06. The minimum absolute atomic E-state index is 0. The number of halogens is 2. The molecule has 1 aliphatic heterocycles. The zero-order valence-electron chi connectivity index (χ0n) is 12.8. The molecule has 2 heterocycles. The van der Waals surface area contributed by atoms with Crippen molar-refractivity contribution in [1.29, 1.82) is 0 Å². The predicted molar refractivity (Wildman–Crippen MR) is 85.4 cm³/mol. The third-order valence-corrected chi connectivity index (χ3v) is 3.86. The van der Waals surface area contributed by atoms with Crippen LogP contribution in [0.1, 0.15) is 30.2 Å². The summed E-state index contributed by atoms with van der Waals surface area (Å²) >= 11 is 0. The van der Waals surface area contributed by atoms with Crippen LogP contribution in [0.15, 0.2) is 24.3 Å². The highest BCUT2D eigenvalue weighted by Crippen LogP contribution is 2.24. The van der Waals surface area contributed by atoms with E-state index < -0.39 is 0 Å². The summed E-state index contributed by atoms with van der Waals surface area (Å²) in [4.78, 5) is 14.2. The molecule has 0 saturated heterocycles. The van der Waals surface area contributed by atoms with Gasteiger partial charge in [-0.15, -0.1) is 22.6 Å². The van der Waals surface area contributed by atoms with Gasteiger partial charge in [-0.25, -0.2) is 4.39 Å². The summed E-state index contributed by atoms with van der Waals surface area (Å²) < 4.78 is 15.1. The van der Waals surface area contributed by atoms with E-state index in [4.69, 9.17) is 5.73 Å². The Hall–Kier alpha value is -1.99. The van der Waals surface area contributed by atoms with Crippen LogP contribution in [0.2, 0.25) is 0 Å². The molecule has 1 aliphatic rings. The Kier molecular flexibility index (Phi) is 5.33.